The highest BCUT2D eigenvalue weighted by molar-refractivity contribution is 5.71. The van der Waals surface area contributed by atoms with Gasteiger partial charge < -0.3 is 4.74 Å². The number of hydrogen-bond donors (Lipinski definition) is 0. The molecule has 10 heavy (non-hydrogen) atoms. The third-order valence-corrected chi connectivity index (χ3v) is 1.46. The molecule has 0 aliphatic carbocycles. The van der Waals surface area contributed by atoms with Crippen LogP contribution in [-0.2, 0) is 9.53 Å². The highest BCUT2D eigenvalue weighted by atomic mass is 16.5. The molecular formula is C8H16O2. The van der Waals surface area contributed by atoms with Crippen molar-refractivity contribution in [1.29, 1.82) is 0 Å². The van der Waals surface area contributed by atoms with Gasteiger partial charge in [-0.15, -0.1) is 0 Å². The van der Waals surface area contributed by atoms with E-state index in [9.17, 15) is 4.79 Å². The van der Waals surface area contributed by atoms with Crippen LogP contribution in [0, 0.1) is 5.92 Å². The molecule has 1 atom stereocenters. The second kappa shape index (κ2) is 5.27. The molecule has 0 saturated heterocycles. The molecule has 0 aromatic carbocycles. The van der Waals surface area contributed by atoms with E-state index in [1.54, 1.807) is 0 Å². The molecule has 2 heteroatoms. The second-order valence-corrected chi connectivity index (χ2v) is 2.48. The molecule has 0 aliphatic rings. The number of carbonyl (C=O) groups is 1. The van der Waals surface area contributed by atoms with Gasteiger partial charge in [0.05, 0.1) is 12.5 Å². The van der Waals surface area contributed by atoms with Crippen molar-refractivity contribution in [2.45, 2.75) is 33.6 Å². The van der Waals surface area contributed by atoms with Crippen molar-refractivity contribution in [3.05, 3.63) is 0 Å². The predicted octanol–water partition coefficient (Wildman–Crippen LogP) is 1.99. The first kappa shape index (κ1) is 9.47. The molecule has 0 aromatic heterocycles. The summed E-state index contributed by atoms with van der Waals surface area (Å²) in [5.41, 5.74) is 0. The fourth-order valence-electron chi connectivity index (χ4n) is 0.512. The summed E-state index contributed by atoms with van der Waals surface area (Å²) in [7, 11) is 0. The van der Waals surface area contributed by atoms with Gasteiger partial charge in [-0.05, 0) is 12.8 Å². The SMILES string of the molecule is CCCOC(=O)[C@H](C)CC. The van der Waals surface area contributed by atoms with Crippen LogP contribution in [0.4, 0.5) is 0 Å². The second-order valence-electron chi connectivity index (χ2n) is 2.48. The van der Waals surface area contributed by atoms with E-state index in [-0.39, 0.29) is 11.9 Å². The van der Waals surface area contributed by atoms with E-state index >= 15 is 0 Å². The Morgan fingerprint density at radius 3 is 2.50 bits per heavy atom. The average molecular weight is 144 g/mol. The minimum Gasteiger partial charge on any atom is -0.465 e. The van der Waals surface area contributed by atoms with E-state index in [1.807, 2.05) is 20.8 Å². The molecule has 60 valence electrons. The number of carbonyl (C=O) groups excluding carboxylic acids is 1. The molecule has 0 bridgehead atoms. The minimum absolute atomic E-state index is 0.0616. The Morgan fingerprint density at radius 1 is 1.50 bits per heavy atom. The summed E-state index contributed by atoms with van der Waals surface area (Å²) in [6.45, 7) is 6.42. The van der Waals surface area contributed by atoms with Crippen LogP contribution in [0.2, 0.25) is 0 Å². The summed E-state index contributed by atoms with van der Waals surface area (Å²) in [6.07, 6.45) is 1.77. The van der Waals surface area contributed by atoms with Gasteiger partial charge in [-0.1, -0.05) is 20.8 Å². The van der Waals surface area contributed by atoms with Gasteiger partial charge in [0.15, 0.2) is 0 Å². The van der Waals surface area contributed by atoms with Gasteiger partial charge in [-0.3, -0.25) is 4.79 Å². The lowest BCUT2D eigenvalue weighted by Crippen LogP contribution is -2.14. The number of rotatable bonds is 4. The van der Waals surface area contributed by atoms with Gasteiger partial charge in [-0.25, -0.2) is 0 Å². The number of ether oxygens (including phenoxy) is 1. The maximum absolute atomic E-state index is 10.9. The lowest BCUT2D eigenvalue weighted by atomic mass is 10.1. The molecule has 0 saturated carbocycles. The standard InChI is InChI=1S/C8H16O2/c1-4-6-10-8(9)7(3)5-2/h7H,4-6H2,1-3H3/t7-/m1/s1. The molecular weight excluding hydrogens is 128 g/mol. The topological polar surface area (TPSA) is 26.3 Å². The molecule has 2 nitrogen and oxygen atoms in total. The summed E-state index contributed by atoms with van der Waals surface area (Å²) in [6, 6.07) is 0. The normalized spacial score (nSPS) is 12.7. The van der Waals surface area contributed by atoms with Crippen LogP contribution in [-0.4, -0.2) is 12.6 Å². The third kappa shape index (κ3) is 3.49. The Labute approximate surface area is 62.6 Å². The van der Waals surface area contributed by atoms with Crippen molar-refractivity contribution >= 4 is 5.97 Å². The summed E-state index contributed by atoms with van der Waals surface area (Å²) >= 11 is 0. The smallest absolute Gasteiger partial charge is 0.308 e. The molecule has 0 N–H and O–H groups in total. The van der Waals surface area contributed by atoms with E-state index in [2.05, 4.69) is 0 Å². The molecule has 0 unspecified atom stereocenters. The van der Waals surface area contributed by atoms with Gasteiger partial charge in [0.2, 0.25) is 0 Å². The Balaban J connectivity index is 3.42. The average Bonchev–Trinajstić information content (AvgIpc) is 1.98. The lowest BCUT2D eigenvalue weighted by molar-refractivity contribution is -0.148. The third-order valence-electron chi connectivity index (χ3n) is 1.46. The van der Waals surface area contributed by atoms with Crippen molar-refractivity contribution < 1.29 is 9.53 Å². The van der Waals surface area contributed by atoms with Crippen LogP contribution < -0.4 is 0 Å². The zero-order chi connectivity index (χ0) is 7.98. The van der Waals surface area contributed by atoms with Crippen LogP contribution in [0.5, 0.6) is 0 Å². The quantitative estimate of drug-likeness (QED) is 0.564. The van der Waals surface area contributed by atoms with Crippen LogP contribution in [0.1, 0.15) is 33.6 Å². The van der Waals surface area contributed by atoms with E-state index < -0.39 is 0 Å². The minimum atomic E-state index is -0.0654. The summed E-state index contributed by atoms with van der Waals surface area (Å²) in [5, 5.41) is 0. The maximum Gasteiger partial charge on any atom is 0.308 e. The molecule has 0 rings (SSSR count). The van der Waals surface area contributed by atoms with Gasteiger partial charge in [0.1, 0.15) is 0 Å². The fraction of sp³-hybridized carbons (Fsp3) is 0.875. The van der Waals surface area contributed by atoms with Gasteiger partial charge in [-0.2, -0.15) is 0 Å². The van der Waals surface area contributed by atoms with Crippen molar-refractivity contribution in [2.75, 3.05) is 6.61 Å². The zero-order valence-electron chi connectivity index (χ0n) is 7.02. The molecule has 0 fully saturated rings. The van der Waals surface area contributed by atoms with Crippen molar-refractivity contribution in [3.63, 3.8) is 0 Å². The Bertz CT molecular complexity index is 99.4. The van der Waals surface area contributed by atoms with Crippen LogP contribution >= 0.6 is 0 Å². The Morgan fingerprint density at radius 2 is 2.10 bits per heavy atom. The summed E-state index contributed by atoms with van der Waals surface area (Å²) in [4.78, 5) is 10.9. The van der Waals surface area contributed by atoms with E-state index in [1.165, 1.54) is 0 Å². The molecule has 0 aromatic rings. The van der Waals surface area contributed by atoms with Crippen LogP contribution in [0.3, 0.4) is 0 Å². The summed E-state index contributed by atoms with van der Waals surface area (Å²) < 4.78 is 4.90. The first-order valence-electron chi connectivity index (χ1n) is 3.89. The van der Waals surface area contributed by atoms with Crippen LogP contribution in [0.15, 0.2) is 0 Å². The van der Waals surface area contributed by atoms with E-state index in [4.69, 9.17) is 4.74 Å². The Kier molecular flexibility index (Phi) is 4.99. The monoisotopic (exact) mass is 144 g/mol. The Hall–Kier alpha value is -0.530. The van der Waals surface area contributed by atoms with Crippen LogP contribution in [0.25, 0.3) is 0 Å². The highest BCUT2D eigenvalue weighted by Gasteiger charge is 2.10. The van der Waals surface area contributed by atoms with E-state index in [0.717, 1.165) is 12.8 Å². The maximum atomic E-state index is 10.9. The first-order valence-corrected chi connectivity index (χ1v) is 3.89. The van der Waals surface area contributed by atoms with Crippen molar-refractivity contribution in [1.82, 2.24) is 0 Å². The van der Waals surface area contributed by atoms with Crippen molar-refractivity contribution in [3.8, 4) is 0 Å². The van der Waals surface area contributed by atoms with E-state index in [0.29, 0.717) is 6.61 Å². The molecule has 0 amide bonds. The van der Waals surface area contributed by atoms with Gasteiger partial charge in [0.25, 0.3) is 0 Å². The highest BCUT2D eigenvalue weighted by Crippen LogP contribution is 2.02. The lowest BCUT2D eigenvalue weighted by Gasteiger charge is -2.07. The zero-order valence-corrected chi connectivity index (χ0v) is 7.02. The fourth-order valence-corrected chi connectivity index (χ4v) is 0.512. The number of hydrogen-bond acceptors (Lipinski definition) is 2. The predicted molar refractivity (Wildman–Crippen MR) is 40.7 cm³/mol. The largest absolute Gasteiger partial charge is 0.465 e. The molecule has 0 aliphatic heterocycles. The first-order chi connectivity index (χ1) is 4.72. The van der Waals surface area contributed by atoms with Crippen molar-refractivity contribution in [2.24, 2.45) is 5.92 Å². The number of esters is 1. The molecule has 0 heterocycles. The van der Waals surface area contributed by atoms with Gasteiger partial charge in [0, 0.05) is 0 Å². The molecule has 0 radical (unpaired) electrons. The summed E-state index contributed by atoms with van der Waals surface area (Å²) in [5.74, 6) is -0.00380. The van der Waals surface area contributed by atoms with Gasteiger partial charge >= 0.3 is 5.97 Å². The molecule has 0 spiro atoms.